The predicted octanol–water partition coefficient (Wildman–Crippen LogP) is 9.04. The van der Waals surface area contributed by atoms with Gasteiger partial charge in [-0.3, -0.25) is 0 Å². The highest BCUT2D eigenvalue weighted by atomic mass is 16.5. The van der Waals surface area contributed by atoms with E-state index in [0.717, 1.165) is 18.4 Å². The monoisotopic (exact) mass is 490 g/mol. The van der Waals surface area contributed by atoms with Gasteiger partial charge in [0.1, 0.15) is 11.9 Å². The number of carbonyl (C=O) groups is 1. The summed E-state index contributed by atoms with van der Waals surface area (Å²) >= 11 is 0. The molecule has 2 N–H and O–H groups in total. The van der Waals surface area contributed by atoms with Gasteiger partial charge in [-0.1, -0.05) is 141 Å². The van der Waals surface area contributed by atoms with Crippen molar-refractivity contribution in [1.29, 1.82) is 0 Å². The molecule has 0 aromatic heterocycles. The summed E-state index contributed by atoms with van der Waals surface area (Å²) in [5.41, 5.74) is 0.797. The molecule has 202 valence electrons. The maximum Gasteiger partial charge on any atom is 0.330 e. The van der Waals surface area contributed by atoms with Crippen molar-refractivity contribution >= 4 is 5.97 Å². The molecule has 1 rings (SSSR count). The largest absolute Gasteiger partial charge is 0.510 e. The molecule has 0 aliphatic heterocycles. The molecule has 4 heteroatoms. The van der Waals surface area contributed by atoms with Gasteiger partial charge in [-0.05, 0) is 18.1 Å². The van der Waals surface area contributed by atoms with Gasteiger partial charge in [0, 0.05) is 12.5 Å². The molecule has 0 radical (unpaired) electrons. The highest BCUT2D eigenvalue weighted by Crippen LogP contribution is 2.18. The van der Waals surface area contributed by atoms with Crippen molar-refractivity contribution in [2.24, 2.45) is 0 Å². The highest BCUT2D eigenvalue weighted by Gasteiger charge is 2.14. The third-order valence-electron chi connectivity index (χ3n) is 6.91. The fourth-order valence-corrected chi connectivity index (χ4v) is 4.58. The summed E-state index contributed by atoms with van der Waals surface area (Å²) in [6.07, 6.45) is 32.7. The fraction of sp³-hybridized carbons (Fsp3) is 0.774. The Morgan fingerprint density at radius 2 is 1.20 bits per heavy atom. The number of aliphatic hydroxyl groups excluding tert-OH is 2. The molecule has 0 bridgehead atoms. The zero-order chi connectivity index (χ0) is 25.4. The zero-order valence-corrected chi connectivity index (χ0v) is 22.7. The van der Waals surface area contributed by atoms with Crippen LogP contribution in [0.15, 0.2) is 35.6 Å². The molecule has 0 aromatic carbocycles. The third kappa shape index (κ3) is 19.3. The lowest BCUT2D eigenvalue weighted by molar-refractivity contribution is -0.137. The minimum Gasteiger partial charge on any atom is -0.510 e. The van der Waals surface area contributed by atoms with Crippen molar-refractivity contribution < 1.29 is 19.7 Å². The standard InChI is InChI=1S/C31H54O4/c1-2-3-4-5-6-7-8-9-10-11-12-13-14-15-16-17-18-19-20-21-26-35-31(34)25-23-28-22-24-29(32)30(33)27-28/h22-25,30,32-33H,2-21,26-27H2,1H3/b25-23+. The van der Waals surface area contributed by atoms with Crippen molar-refractivity contribution in [1.82, 2.24) is 0 Å². The lowest BCUT2D eigenvalue weighted by Crippen LogP contribution is -2.13. The van der Waals surface area contributed by atoms with Gasteiger partial charge in [-0.15, -0.1) is 0 Å². The molecular weight excluding hydrogens is 436 g/mol. The van der Waals surface area contributed by atoms with Gasteiger partial charge in [0.15, 0.2) is 0 Å². The van der Waals surface area contributed by atoms with Gasteiger partial charge >= 0.3 is 5.97 Å². The zero-order valence-electron chi connectivity index (χ0n) is 22.7. The number of esters is 1. The maximum absolute atomic E-state index is 11.8. The van der Waals surface area contributed by atoms with E-state index >= 15 is 0 Å². The third-order valence-corrected chi connectivity index (χ3v) is 6.91. The Kier molecular flexibility index (Phi) is 20.6. The van der Waals surface area contributed by atoms with E-state index in [1.165, 1.54) is 128 Å². The number of carbonyl (C=O) groups excluding carboxylic acids is 1. The minimum atomic E-state index is -0.884. The molecule has 0 saturated heterocycles. The summed E-state index contributed by atoms with van der Waals surface area (Å²) in [5, 5.41) is 19.0. The molecule has 0 saturated carbocycles. The summed E-state index contributed by atoms with van der Waals surface area (Å²) in [5.74, 6) is -0.388. The van der Waals surface area contributed by atoms with E-state index in [0.29, 0.717) is 13.0 Å². The number of allylic oxidation sites excluding steroid dienone is 3. The van der Waals surface area contributed by atoms with Gasteiger partial charge < -0.3 is 14.9 Å². The Morgan fingerprint density at radius 1 is 0.771 bits per heavy atom. The number of unbranched alkanes of at least 4 members (excludes halogenated alkanes) is 19. The lowest BCUT2D eigenvalue weighted by atomic mass is 10.0. The summed E-state index contributed by atoms with van der Waals surface area (Å²) in [7, 11) is 0. The predicted molar refractivity (Wildman–Crippen MR) is 148 cm³/mol. The minimum absolute atomic E-state index is 0.0377. The van der Waals surface area contributed by atoms with Crippen LogP contribution in [0.25, 0.3) is 0 Å². The summed E-state index contributed by atoms with van der Waals surface area (Å²) in [6, 6.07) is 0. The van der Waals surface area contributed by atoms with E-state index in [4.69, 9.17) is 4.74 Å². The van der Waals surface area contributed by atoms with Crippen LogP contribution in [0.1, 0.15) is 142 Å². The molecule has 35 heavy (non-hydrogen) atoms. The molecule has 1 aliphatic rings. The van der Waals surface area contributed by atoms with Crippen LogP contribution < -0.4 is 0 Å². The Balaban J connectivity index is 1.77. The van der Waals surface area contributed by atoms with E-state index in [2.05, 4.69) is 6.92 Å². The Hall–Kier alpha value is -1.55. The lowest BCUT2D eigenvalue weighted by Gasteiger charge is -2.14. The molecular formula is C31H54O4. The van der Waals surface area contributed by atoms with Gasteiger partial charge in [0.05, 0.1) is 6.61 Å². The van der Waals surface area contributed by atoms with Gasteiger partial charge in [0.2, 0.25) is 0 Å². The fourth-order valence-electron chi connectivity index (χ4n) is 4.58. The molecule has 1 aliphatic carbocycles. The average molecular weight is 491 g/mol. The number of aliphatic hydroxyl groups is 2. The second-order valence-electron chi connectivity index (χ2n) is 10.3. The van der Waals surface area contributed by atoms with E-state index in [1.54, 1.807) is 12.2 Å². The van der Waals surface area contributed by atoms with Crippen LogP contribution in [0.5, 0.6) is 0 Å². The first-order valence-electron chi connectivity index (χ1n) is 14.8. The average Bonchev–Trinajstić information content (AvgIpc) is 2.85. The topological polar surface area (TPSA) is 66.8 Å². The Labute approximate surface area is 215 Å². The van der Waals surface area contributed by atoms with Crippen molar-refractivity contribution in [3.05, 3.63) is 35.6 Å². The quantitative estimate of drug-likeness (QED) is 0.0851. The maximum atomic E-state index is 11.8. The smallest absolute Gasteiger partial charge is 0.330 e. The van der Waals surface area contributed by atoms with Crippen LogP contribution in [-0.4, -0.2) is 28.9 Å². The van der Waals surface area contributed by atoms with Crippen molar-refractivity contribution in [3.8, 4) is 0 Å². The molecule has 4 nitrogen and oxygen atoms in total. The van der Waals surface area contributed by atoms with E-state index < -0.39 is 6.10 Å². The molecule has 0 heterocycles. The van der Waals surface area contributed by atoms with Crippen LogP contribution in [-0.2, 0) is 9.53 Å². The first kappa shape index (κ1) is 31.5. The number of ether oxygens (including phenoxy) is 1. The SMILES string of the molecule is CCCCCCCCCCCCCCCCCCCCCCOC(=O)/C=C/C1=CC=C(O)C(O)C1. The van der Waals surface area contributed by atoms with E-state index in [9.17, 15) is 15.0 Å². The van der Waals surface area contributed by atoms with E-state index in [-0.39, 0.29) is 11.7 Å². The normalized spacial score (nSPS) is 15.9. The van der Waals surface area contributed by atoms with E-state index in [1.807, 2.05) is 0 Å². The summed E-state index contributed by atoms with van der Waals surface area (Å²) in [4.78, 5) is 11.8. The summed E-state index contributed by atoms with van der Waals surface area (Å²) < 4.78 is 5.24. The first-order chi connectivity index (χ1) is 17.1. The molecule has 1 unspecified atom stereocenters. The number of rotatable bonds is 23. The van der Waals surface area contributed by atoms with Crippen molar-refractivity contribution in [2.45, 2.75) is 148 Å². The number of hydrogen-bond acceptors (Lipinski definition) is 4. The second kappa shape index (κ2) is 22.9. The molecule has 0 aromatic rings. The van der Waals surface area contributed by atoms with Crippen molar-refractivity contribution in [3.63, 3.8) is 0 Å². The van der Waals surface area contributed by atoms with Crippen molar-refractivity contribution in [2.75, 3.05) is 6.61 Å². The molecule has 0 spiro atoms. The van der Waals surface area contributed by atoms with Crippen LogP contribution >= 0.6 is 0 Å². The highest BCUT2D eigenvalue weighted by molar-refractivity contribution is 5.82. The summed E-state index contributed by atoms with van der Waals surface area (Å²) in [6.45, 7) is 2.75. The first-order valence-corrected chi connectivity index (χ1v) is 14.8. The Morgan fingerprint density at radius 3 is 1.63 bits per heavy atom. The van der Waals surface area contributed by atoms with Gasteiger partial charge in [-0.2, -0.15) is 0 Å². The van der Waals surface area contributed by atoms with Crippen LogP contribution in [0.2, 0.25) is 0 Å². The molecule has 0 fully saturated rings. The number of hydrogen-bond donors (Lipinski definition) is 2. The molecule has 1 atom stereocenters. The van der Waals surface area contributed by atoms with Gasteiger partial charge in [-0.25, -0.2) is 4.79 Å². The Bertz CT molecular complexity index is 605. The van der Waals surface area contributed by atoms with Crippen LogP contribution in [0.4, 0.5) is 0 Å². The molecule has 0 amide bonds. The van der Waals surface area contributed by atoms with Gasteiger partial charge in [0.25, 0.3) is 0 Å². The van der Waals surface area contributed by atoms with Crippen LogP contribution in [0, 0.1) is 0 Å². The second-order valence-corrected chi connectivity index (χ2v) is 10.3. The van der Waals surface area contributed by atoms with Crippen LogP contribution in [0.3, 0.4) is 0 Å².